The van der Waals surface area contributed by atoms with Gasteiger partial charge in [0.1, 0.15) is 0 Å². The maximum atomic E-state index is 11.3. The van der Waals surface area contributed by atoms with Crippen LogP contribution in [0.25, 0.3) is 0 Å². The summed E-state index contributed by atoms with van der Waals surface area (Å²) in [5.41, 5.74) is 0.287. The van der Waals surface area contributed by atoms with Gasteiger partial charge in [0, 0.05) is 17.2 Å². The number of hydrogen-bond acceptors (Lipinski definition) is 3. The van der Waals surface area contributed by atoms with E-state index >= 15 is 0 Å². The zero-order chi connectivity index (χ0) is 13.5. The van der Waals surface area contributed by atoms with Crippen molar-refractivity contribution in [2.75, 3.05) is 19.1 Å². The molecule has 3 atom stereocenters. The van der Waals surface area contributed by atoms with Crippen LogP contribution in [0.4, 0.5) is 0 Å². The van der Waals surface area contributed by atoms with Gasteiger partial charge >= 0.3 is 0 Å². The molecule has 1 aliphatic heterocycles. The van der Waals surface area contributed by atoms with Crippen molar-refractivity contribution in [2.24, 2.45) is 11.3 Å². The molecule has 0 spiro atoms. The molecule has 1 saturated heterocycles. The Morgan fingerprint density at radius 2 is 2.11 bits per heavy atom. The minimum absolute atomic E-state index is 0.130. The summed E-state index contributed by atoms with van der Waals surface area (Å²) in [5, 5.41) is 11.3. The van der Waals surface area contributed by atoms with Crippen LogP contribution in [0.2, 0.25) is 0 Å². The van der Waals surface area contributed by atoms with E-state index in [1.807, 2.05) is 6.08 Å². The molecule has 3 fully saturated rings. The minimum atomic E-state index is -0.708. The molecule has 2 aliphatic carbocycles. The molecule has 0 aromatic carbocycles. The van der Waals surface area contributed by atoms with Gasteiger partial charge in [-0.05, 0) is 37.7 Å². The second-order valence-electron chi connectivity index (χ2n) is 6.27. The molecule has 0 amide bonds. The molecule has 3 rings (SSSR count). The first-order valence-corrected chi connectivity index (χ1v) is 7.86. The fraction of sp³-hybridized carbons (Fsp3) is 0.867. The van der Waals surface area contributed by atoms with Gasteiger partial charge in [-0.1, -0.05) is 13.0 Å². The third kappa shape index (κ3) is 1.98. The topological polar surface area (TPSA) is 38.7 Å². The lowest BCUT2D eigenvalue weighted by Gasteiger charge is -2.49. The normalized spacial score (nSPS) is 45.8. The summed E-state index contributed by atoms with van der Waals surface area (Å²) in [7, 11) is 0. The molecule has 1 N–H and O–H groups in total. The molecule has 0 bridgehead atoms. The van der Waals surface area contributed by atoms with Gasteiger partial charge in [0.15, 0.2) is 6.29 Å². The van der Waals surface area contributed by atoms with Gasteiger partial charge in [0.25, 0.3) is 0 Å². The molecule has 2 saturated carbocycles. The monoisotopic (exact) mass is 286 g/mol. The fourth-order valence-corrected chi connectivity index (χ4v) is 4.64. The number of allylic oxidation sites excluding steroid dienone is 1. The van der Waals surface area contributed by atoms with Crippen LogP contribution in [0.3, 0.4) is 0 Å². The smallest absolute Gasteiger partial charge is 0.161 e. The van der Waals surface area contributed by atoms with Crippen molar-refractivity contribution >= 4 is 11.6 Å². The Bertz CT molecular complexity index is 378. The van der Waals surface area contributed by atoms with E-state index in [-0.39, 0.29) is 11.7 Å². The molecular weight excluding hydrogens is 264 g/mol. The number of fused-ring (bicyclic) bond motifs is 1. The van der Waals surface area contributed by atoms with Crippen LogP contribution in [0.5, 0.6) is 0 Å². The Morgan fingerprint density at radius 1 is 1.37 bits per heavy atom. The van der Waals surface area contributed by atoms with Crippen molar-refractivity contribution in [1.82, 2.24) is 0 Å². The van der Waals surface area contributed by atoms with Crippen molar-refractivity contribution < 1.29 is 14.6 Å². The number of halogens is 1. The highest BCUT2D eigenvalue weighted by Crippen LogP contribution is 2.61. The first-order valence-electron chi connectivity index (χ1n) is 7.33. The van der Waals surface area contributed by atoms with Crippen LogP contribution in [-0.4, -0.2) is 36.1 Å². The van der Waals surface area contributed by atoms with E-state index in [1.54, 1.807) is 0 Å². The summed E-state index contributed by atoms with van der Waals surface area (Å²) in [4.78, 5) is 0. The van der Waals surface area contributed by atoms with Crippen molar-refractivity contribution in [1.29, 1.82) is 0 Å². The van der Waals surface area contributed by atoms with Crippen molar-refractivity contribution in [2.45, 2.75) is 50.9 Å². The van der Waals surface area contributed by atoms with E-state index in [2.05, 4.69) is 6.92 Å². The van der Waals surface area contributed by atoms with Crippen LogP contribution in [0, 0.1) is 11.3 Å². The van der Waals surface area contributed by atoms with E-state index in [9.17, 15) is 5.11 Å². The maximum Gasteiger partial charge on any atom is 0.161 e. The molecule has 3 aliphatic rings. The second-order valence-corrected chi connectivity index (χ2v) is 6.58. The summed E-state index contributed by atoms with van der Waals surface area (Å²) in [5.74, 6) is 0.772. The summed E-state index contributed by atoms with van der Waals surface area (Å²) >= 11 is 5.86. The van der Waals surface area contributed by atoms with Crippen molar-refractivity contribution in [3.8, 4) is 0 Å². The molecule has 0 unspecified atom stereocenters. The summed E-state index contributed by atoms with van der Waals surface area (Å²) in [6.07, 6.45) is 6.78. The zero-order valence-electron chi connectivity index (χ0n) is 11.5. The summed E-state index contributed by atoms with van der Waals surface area (Å²) in [6.45, 7) is 3.57. The Kier molecular flexibility index (Phi) is 3.67. The van der Waals surface area contributed by atoms with Crippen LogP contribution >= 0.6 is 11.6 Å². The number of rotatable bonds is 2. The highest BCUT2D eigenvalue weighted by atomic mass is 35.5. The molecule has 0 radical (unpaired) electrons. The number of aliphatic hydroxyl groups is 1. The minimum Gasteiger partial charge on any atom is -0.385 e. The lowest BCUT2D eigenvalue weighted by atomic mass is 9.60. The van der Waals surface area contributed by atoms with Gasteiger partial charge in [-0.15, -0.1) is 11.6 Å². The second kappa shape index (κ2) is 5.03. The Morgan fingerprint density at radius 3 is 2.79 bits per heavy atom. The summed E-state index contributed by atoms with van der Waals surface area (Å²) < 4.78 is 11.4. The molecule has 1 heterocycles. The van der Waals surface area contributed by atoms with E-state index in [0.717, 1.165) is 37.7 Å². The van der Waals surface area contributed by atoms with Gasteiger partial charge in [-0.25, -0.2) is 0 Å². The molecule has 0 aromatic rings. The van der Waals surface area contributed by atoms with Crippen LogP contribution in [-0.2, 0) is 9.47 Å². The Labute approximate surface area is 119 Å². The molecule has 19 heavy (non-hydrogen) atoms. The Hall–Kier alpha value is -0.0900. The van der Waals surface area contributed by atoms with Crippen LogP contribution in [0.15, 0.2) is 11.6 Å². The average molecular weight is 287 g/mol. The third-order valence-electron chi connectivity index (χ3n) is 5.55. The maximum absolute atomic E-state index is 11.3. The fourth-order valence-electron chi connectivity index (χ4n) is 4.46. The standard InChI is InChI=1S/C15H23ClO3/c1-14-6-2-3-11(5-8-16)15(14,17)7-4-12(14)13-18-9-10-19-13/h5,12-13,17H,2-4,6-10H2,1H3/b11-5+/t12-,14-,15+/m1/s1. The SMILES string of the molecule is C[C@]12CCC/C(=C\CCl)[C@@]1(O)CC[C@@H]2C1OCCO1. The lowest BCUT2D eigenvalue weighted by molar-refractivity contribution is -0.147. The molecular formula is C15H23ClO3. The molecule has 3 nitrogen and oxygen atoms in total. The number of hydrogen-bond donors (Lipinski definition) is 1. The van der Waals surface area contributed by atoms with Gasteiger partial charge < -0.3 is 14.6 Å². The number of ether oxygens (including phenoxy) is 2. The van der Waals surface area contributed by atoms with Crippen molar-refractivity contribution in [3.05, 3.63) is 11.6 Å². The van der Waals surface area contributed by atoms with Gasteiger partial charge in [-0.2, -0.15) is 0 Å². The molecule has 4 heteroatoms. The van der Waals surface area contributed by atoms with E-state index < -0.39 is 5.60 Å². The molecule has 0 aromatic heterocycles. The predicted octanol–water partition coefficient (Wildman–Crippen LogP) is 2.86. The first-order chi connectivity index (χ1) is 9.12. The van der Waals surface area contributed by atoms with Crippen LogP contribution in [0.1, 0.15) is 39.0 Å². The van der Waals surface area contributed by atoms with Crippen molar-refractivity contribution in [3.63, 3.8) is 0 Å². The van der Waals surface area contributed by atoms with E-state index in [0.29, 0.717) is 25.0 Å². The van der Waals surface area contributed by atoms with E-state index in [1.165, 1.54) is 0 Å². The highest BCUT2D eigenvalue weighted by molar-refractivity contribution is 6.18. The van der Waals surface area contributed by atoms with Gasteiger partial charge in [0.05, 0.1) is 18.8 Å². The average Bonchev–Trinajstić information content (AvgIpc) is 2.97. The lowest BCUT2D eigenvalue weighted by Crippen LogP contribution is -2.51. The van der Waals surface area contributed by atoms with Gasteiger partial charge in [0.2, 0.25) is 0 Å². The highest BCUT2D eigenvalue weighted by Gasteiger charge is 2.61. The quantitative estimate of drug-likeness (QED) is 0.627. The van der Waals surface area contributed by atoms with E-state index in [4.69, 9.17) is 21.1 Å². The third-order valence-corrected chi connectivity index (χ3v) is 5.71. The largest absolute Gasteiger partial charge is 0.385 e. The predicted molar refractivity (Wildman–Crippen MR) is 74.1 cm³/mol. The van der Waals surface area contributed by atoms with Gasteiger partial charge in [-0.3, -0.25) is 0 Å². The first kappa shape index (κ1) is 13.9. The zero-order valence-corrected chi connectivity index (χ0v) is 12.3. The number of alkyl halides is 1. The Balaban J connectivity index is 1.91. The molecule has 108 valence electrons. The van der Waals surface area contributed by atoms with Crippen LogP contribution < -0.4 is 0 Å². The summed E-state index contributed by atoms with van der Waals surface area (Å²) in [6, 6.07) is 0.